The molecule has 5 aromatic rings. The quantitative estimate of drug-likeness (QED) is 0.294. The van der Waals surface area contributed by atoms with Crippen LogP contribution >= 0.6 is 11.6 Å². The number of aromatic nitrogens is 5. The van der Waals surface area contributed by atoms with Crippen molar-refractivity contribution in [3.05, 3.63) is 76.6 Å². The first-order valence-electron chi connectivity index (χ1n) is 13.1. The van der Waals surface area contributed by atoms with Crippen LogP contribution in [0.2, 0.25) is 5.02 Å². The third kappa shape index (κ3) is 4.28. The molecule has 0 saturated carbocycles. The number of aliphatic hydroxyl groups is 1. The summed E-state index contributed by atoms with van der Waals surface area (Å²) in [6.45, 7) is 7.10. The summed E-state index contributed by atoms with van der Waals surface area (Å²) in [5.41, 5.74) is 6.89. The lowest BCUT2D eigenvalue weighted by molar-refractivity contribution is 0.0552. The second-order valence-electron chi connectivity index (χ2n) is 10.8. The van der Waals surface area contributed by atoms with Crippen LogP contribution in [0.5, 0.6) is 0 Å². The van der Waals surface area contributed by atoms with Crippen molar-refractivity contribution in [2.45, 2.75) is 45.3 Å². The molecule has 2 aromatic carbocycles. The fourth-order valence-electron chi connectivity index (χ4n) is 5.89. The molecule has 0 bridgehead atoms. The number of hydrogen-bond donors (Lipinski definition) is 1. The molecule has 196 valence electrons. The molecule has 4 heterocycles. The topological polar surface area (TPSA) is 78.0 Å². The maximum absolute atomic E-state index is 10.9. The zero-order valence-corrected chi connectivity index (χ0v) is 22.9. The lowest BCUT2D eigenvalue weighted by atomic mass is 9.86. The average Bonchev–Trinajstić information content (AvgIpc) is 3.41. The summed E-state index contributed by atoms with van der Waals surface area (Å²) in [5, 5.41) is 21.2. The Labute approximate surface area is 227 Å². The normalized spacial score (nSPS) is 15.9. The number of nitrogens with zero attached hydrogens (tertiary/aromatic N) is 5. The van der Waals surface area contributed by atoms with E-state index in [0.717, 1.165) is 70.5 Å². The van der Waals surface area contributed by atoms with Crippen LogP contribution in [0.4, 0.5) is 0 Å². The van der Waals surface area contributed by atoms with Gasteiger partial charge in [0.25, 0.3) is 0 Å². The number of pyridine rings is 1. The van der Waals surface area contributed by atoms with E-state index in [2.05, 4.69) is 45.2 Å². The third-order valence-corrected chi connectivity index (χ3v) is 8.07. The summed E-state index contributed by atoms with van der Waals surface area (Å²) in [5.74, 6) is 0.360. The minimum absolute atomic E-state index is 0.0380. The molecule has 0 aliphatic carbocycles. The molecule has 3 aromatic heterocycles. The molecule has 1 atom stereocenters. The first-order valence-corrected chi connectivity index (χ1v) is 13.5. The summed E-state index contributed by atoms with van der Waals surface area (Å²) in [7, 11) is 1.91. The zero-order valence-electron chi connectivity index (χ0n) is 22.1. The van der Waals surface area contributed by atoms with Crippen LogP contribution in [0.15, 0.2) is 54.7 Å². The van der Waals surface area contributed by atoms with Crippen LogP contribution in [0.3, 0.4) is 0 Å². The number of halogens is 1. The predicted octanol–water partition coefficient (Wildman–Crippen LogP) is 6.19. The summed E-state index contributed by atoms with van der Waals surface area (Å²) < 4.78 is 9.99. The molecular weight excluding hydrogens is 498 g/mol. The maximum atomic E-state index is 10.9. The van der Waals surface area contributed by atoms with E-state index in [1.54, 1.807) is 4.68 Å². The highest BCUT2D eigenvalue weighted by Crippen LogP contribution is 2.42. The standard InChI is InChI=1S/C30H32ClN5O2/c1-18-28(35(4)34-33-18)21-15-26-27(32-17-21)24-10-7-22(30(2,3)37)16-25(24)36(26)29(20-11-13-38-14-12-20)19-5-8-23(31)9-6-19/h5-10,15-17,20,29,37H,11-14H2,1-4H3/t29-/m1/s1. The fourth-order valence-corrected chi connectivity index (χ4v) is 6.02. The number of ether oxygens (including phenoxy) is 1. The van der Waals surface area contributed by atoms with Gasteiger partial charge in [-0.3, -0.25) is 4.98 Å². The van der Waals surface area contributed by atoms with Gasteiger partial charge in [0, 0.05) is 42.4 Å². The van der Waals surface area contributed by atoms with Gasteiger partial charge in [0.2, 0.25) is 0 Å². The summed E-state index contributed by atoms with van der Waals surface area (Å²) in [4.78, 5) is 5.00. The van der Waals surface area contributed by atoms with Gasteiger partial charge in [-0.15, -0.1) is 5.10 Å². The first-order chi connectivity index (χ1) is 18.2. The zero-order chi connectivity index (χ0) is 26.6. The second kappa shape index (κ2) is 9.49. The van der Waals surface area contributed by atoms with Crippen LogP contribution in [0.25, 0.3) is 33.2 Å². The van der Waals surface area contributed by atoms with Crippen molar-refractivity contribution in [3.8, 4) is 11.3 Å². The van der Waals surface area contributed by atoms with E-state index in [-0.39, 0.29) is 6.04 Å². The van der Waals surface area contributed by atoms with E-state index in [1.165, 1.54) is 5.56 Å². The smallest absolute Gasteiger partial charge is 0.0960 e. The van der Waals surface area contributed by atoms with Crippen molar-refractivity contribution in [3.63, 3.8) is 0 Å². The number of fused-ring (bicyclic) bond motifs is 3. The molecule has 0 spiro atoms. The van der Waals surface area contributed by atoms with Crippen molar-refractivity contribution in [2.24, 2.45) is 13.0 Å². The van der Waals surface area contributed by atoms with E-state index >= 15 is 0 Å². The molecule has 7 nitrogen and oxygen atoms in total. The van der Waals surface area contributed by atoms with Gasteiger partial charge in [-0.25, -0.2) is 4.68 Å². The maximum Gasteiger partial charge on any atom is 0.0960 e. The molecule has 0 unspecified atom stereocenters. The summed E-state index contributed by atoms with van der Waals surface area (Å²) >= 11 is 6.32. The van der Waals surface area contributed by atoms with Crippen LogP contribution in [0.1, 0.15) is 49.6 Å². The van der Waals surface area contributed by atoms with Gasteiger partial charge < -0.3 is 14.4 Å². The lowest BCUT2D eigenvalue weighted by Gasteiger charge is -2.33. The van der Waals surface area contributed by atoms with E-state index < -0.39 is 5.60 Å². The van der Waals surface area contributed by atoms with Crippen molar-refractivity contribution in [1.29, 1.82) is 0 Å². The van der Waals surface area contributed by atoms with Crippen molar-refractivity contribution < 1.29 is 9.84 Å². The molecule has 0 radical (unpaired) electrons. The van der Waals surface area contributed by atoms with Crippen LogP contribution in [-0.2, 0) is 17.4 Å². The number of aryl methyl sites for hydroxylation is 2. The van der Waals surface area contributed by atoms with Crippen LogP contribution in [-0.4, -0.2) is 42.9 Å². The molecule has 1 aliphatic heterocycles. The SMILES string of the molecule is Cc1nnn(C)c1-c1cnc2c3ccc(C(C)(C)O)cc3n([C@H](c3ccc(Cl)cc3)C3CCOCC3)c2c1. The highest BCUT2D eigenvalue weighted by Gasteiger charge is 2.31. The van der Waals surface area contributed by atoms with Gasteiger partial charge in [0.1, 0.15) is 0 Å². The minimum Gasteiger partial charge on any atom is -0.386 e. The third-order valence-electron chi connectivity index (χ3n) is 7.82. The molecule has 8 heteroatoms. The Kier molecular flexibility index (Phi) is 6.25. The Morgan fingerprint density at radius 1 is 1.05 bits per heavy atom. The first kappa shape index (κ1) is 25.0. The van der Waals surface area contributed by atoms with Gasteiger partial charge in [-0.1, -0.05) is 41.1 Å². The molecule has 6 rings (SSSR count). The highest BCUT2D eigenvalue weighted by molar-refractivity contribution is 6.30. The molecule has 1 aliphatic rings. The van der Waals surface area contributed by atoms with Crippen LogP contribution < -0.4 is 0 Å². The summed E-state index contributed by atoms with van der Waals surface area (Å²) in [6, 6.07) is 16.7. The van der Waals surface area contributed by atoms with Crippen molar-refractivity contribution in [1.82, 2.24) is 24.5 Å². The number of rotatable bonds is 5. The Morgan fingerprint density at radius 2 is 1.79 bits per heavy atom. The second-order valence-corrected chi connectivity index (χ2v) is 11.3. The Morgan fingerprint density at radius 3 is 2.45 bits per heavy atom. The van der Waals surface area contributed by atoms with E-state index in [9.17, 15) is 5.11 Å². The number of benzene rings is 2. The molecule has 1 saturated heterocycles. The van der Waals surface area contributed by atoms with Gasteiger partial charge in [-0.05, 0) is 74.9 Å². The van der Waals surface area contributed by atoms with Gasteiger partial charge in [-0.2, -0.15) is 0 Å². The molecular formula is C30H32ClN5O2. The highest BCUT2D eigenvalue weighted by atomic mass is 35.5. The van der Waals surface area contributed by atoms with Gasteiger partial charge >= 0.3 is 0 Å². The molecule has 1 N–H and O–H groups in total. The van der Waals surface area contributed by atoms with Crippen LogP contribution in [0, 0.1) is 12.8 Å². The largest absolute Gasteiger partial charge is 0.386 e. The summed E-state index contributed by atoms with van der Waals surface area (Å²) in [6.07, 6.45) is 3.82. The Hall–Kier alpha value is -3.26. The fraction of sp³-hybridized carbons (Fsp3) is 0.367. The Balaban J connectivity index is 1.69. The average molecular weight is 530 g/mol. The molecule has 38 heavy (non-hydrogen) atoms. The van der Waals surface area contributed by atoms with Crippen molar-refractivity contribution in [2.75, 3.05) is 13.2 Å². The van der Waals surface area contributed by atoms with Gasteiger partial charge in [0.05, 0.1) is 39.6 Å². The van der Waals surface area contributed by atoms with Gasteiger partial charge in [0.15, 0.2) is 0 Å². The number of hydrogen-bond acceptors (Lipinski definition) is 5. The van der Waals surface area contributed by atoms with E-state index in [4.69, 9.17) is 21.3 Å². The lowest BCUT2D eigenvalue weighted by Crippen LogP contribution is -2.27. The van der Waals surface area contributed by atoms with E-state index in [0.29, 0.717) is 10.9 Å². The minimum atomic E-state index is -0.972. The molecule has 0 amide bonds. The predicted molar refractivity (Wildman–Crippen MR) is 150 cm³/mol. The van der Waals surface area contributed by atoms with Crippen molar-refractivity contribution >= 4 is 33.5 Å². The monoisotopic (exact) mass is 529 g/mol. The van der Waals surface area contributed by atoms with E-state index in [1.807, 2.05) is 52.2 Å². The Bertz CT molecular complexity index is 1610. The molecule has 1 fully saturated rings.